The Morgan fingerprint density at radius 2 is 1.52 bits per heavy atom. The van der Waals surface area contributed by atoms with Crippen LogP contribution in [0.3, 0.4) is 0 Å². The minimum Gasteiger partial charge on any atom is -0.480 e. The van der Waals surface area contributed by atoms with Crippen molar-refractivity contribution in [1.82, 2.24) is 10.2 Å². The van der Waals surface area contributed by atoms with Gasteiger partial charge in [-0.05, 0) is 24.6 Å². The number of hydrogen-bond donors (Lipinski definition) is 1. The van der Waals surface area contributed by atoms with E-state index >= 15 is 0 Å². The van der Waals surface area contributed by atoms with Gasteiger partial charge in [-0.15, -0.1) is 10.2 Å². The zero-order chi connectivity index (χ0) is 19.4. The zero-order valence-electron chi connectivity index (χ0n) is 15.2. The van der Waals surface area contributed by atoms with Gasteiger partial charge in [-0.25, -0.2) is 4.21 Å². The first-order valence-electron chi connectivity index (χ1n) is 8.26. The maximum Gasteiger partial charge on any atom is 0.250 e. The second kappa shape index (κ2) is 8.28. The Kier molecular flexibility index (Phi) is 5.83. The molecule has 2 aromatic carbocycles. The van der Waals surface area contributed by atoms with E-state index < -0.39 is 16.9 Å². The lowest BCUT2D eigenvalue weighted by molar-refractivity contribution is 0.206. The van der Waals surface area contributed by atoms with Gasteiger partial charge >= 0.3 is 0 Å². The van der Waals surface area contributed by atoms with E-state index in [9.17, 15) is 9.32 Å². The molecule has 0 saturated heterocycles. The van der Waals surface area contributed by atoms with Gasteiger partial charge in [0.05, 0.1) is 30.6 Å². The molecule has 7 heteroatoms. The van der Waals surface area contributed by atoms with E-state index in [1.807, 2.05) is 37.3 Å². The van der Waals surface area contributed by atoms with Crippen LogP contribution in [0, 0.1) is 6.92 Å². The SMILES string of the molecule is COc1nnc(OC)c([S@@](=O)c2ccc(C)cc2)c1[C@H](O)c1ccccc1. The summed E-state index contributed by atoms with van der Waals surface area (Å²) in [6, 6.07) is 16.3. The lowest BCUT2D eigenvalue weighted by atomic mass is 10.0. The summed E-state index contributed by atoms with van der Waals surface area (Å²) in [5.74, 6) is 0.183. The first-order chi connectivity index (χ1) is 13.1. The van der Waals surface area contributed by atoms with Crippen molar-refractivity contribution >= 4 is 10.8 Å². The number of aryl methyl sites for hydroxylation is 1. The molecule has 0 spiro atoms. The van der Waals surface area contributed by atoms with Crippen LogP contribution in [0.25, 0.3) is 0 Å². The van der Waals surface area contributed by atoms with Crippen LogP contribution >= 0.6 is 0 Å². The smallest absolute Gasteiger partial charge is 0.250 e. The highest BCUT2D eigenvalue weighted by Gasteiger charge is 2.29. The largest absolute Gasteiger partial charge is 0.480 e. The Morgan fingerprint density at radius 3 is 2.11 bits per heavy atom. The maximum atomic E-state index is 13.4. The fourth-order valence-electron chi connectivity index (χ4n) is 2.69. The molecule has 140 valence electrons. The van der Waals surface area contributed by atoms with Crippen molar-refractivity contribution in [1.29, 1.82) is 0 Å². The van der Waals surface area contributed by atoms with Crippen LogP contribution in [0.4, 0.5) is 0 Å². The average Bonchev–Trinajstić information content (AvgIpc) is 2.72. The van der Waals surface area contributed by atoms with Crippen molar-refractivity contribution < 1.29 is 18.8 Å². The fourth-order valence-corrected chi connectivity index (χ4v) is 3.99. The van der Waals surface area contributed by atoms with Crippen LogP contribution in [0.5, 0.6) is 11.8 Å². The topological polar surface area (TPSA) is 81.5 Å². The molecule has 0 unspecified atom stereocenters. The summed E-state index contributed by atoms with van der Waals surface area (Å²) in [6.07, 6.45) is -1.10. The van der Waals surface area contributed by atoms with Gasteiger partial charge in [-0.1, -0.05) is 48.0 Å². The third kappa shape index (κ3) is 3.84. The molecule has 2 atom stereocenters. The van der Waals surface area contributed by atoms with E-state index in [4.69, 9.17) is 9.47 Å². The molecule has 0 bridgehead atoms. The Hall–Kier alpha value is -2.77. The third-order valence-electron chi connectivity index (χ3n) is 4.10. The van der Waals surface area contributed by atoms with Crippen molar-refractivity contribution in [3.8, 4) is 11.8 Å². The zero-order valence-corrected chi connectivity index (χ0v) is 16.1. The highest BCUT2D eigenvalue weighted by molar-refractivity contribution is 7.85. The Balaban J connectivity index is 2.21. The highest BCUT2D eigenvalue weighted by Crippen LogP contribution is 2.38. The van der Waals surface area contributed by atoms with Crippen LogP contribution in [0.2, 0.25) is 0 Å². The molecule has 1 aromatic heterocycles. The molecule has 0 saturated carbocycles. The number of aliphatic hydroxyl groups excluding tert-OH is 1. The lowest BCUT2D eigenvalue weighted by Crippen LogP contribution is -2.12. The van der Waals surface area contributed by atoms with E-state index in [0.717, 1.165) is 5.56 Å². The number of nitrogens with zero attached hydrogens (tertiary/aromatic N) is 2. The second-order valence-corrected chi connectivity index (χ2v) is 7.27. The van der Waals surface area contributed by atoms with Crippen LogP contribution in [0.1, 0.15) is 22.8 Å². The fraction of sp³-hybridized carbons (Fsp3) is 0.200. The predicted octanol–water partition coefficient (Wildman–Crippen LogP) is 3.05. The van der Waals surface area contributed by atoms with Gasteiger partial charge in [0.1, 0.15) is 11.0 Å². The maximum absolute atomic E-state index is 13.4. The first kappa shape index (κ1) is 19.0. The van der Waals surface area contributed by atoms with Crippen molar-refractivity contribution in [2.45, 2.75) is 22.8 Å². The summed E-state index contributed by atoms with van der Waals surface area (Å²) in [7, 11) is 1.20. The number of hydrogen-bond acceptors (Lipinski definition) is 6. The molecule has 6 nitrogen and oxygen atoms in total. The van der Waals surface area contributed by atoms with Gasteiger partial charge in [0.15, 0.2) is 0 Å². The number of rotatable bonds is 6. The monoisotopic (exact) mass is 384 g/mol. The van der Waals surface area contributed by atoms with Gasteiger partial charge in [0.2, 0.25) is 5.88 Å². The van der Waals surface area contributed by atoms with Gasteiger partial charge in [-0.2, -0.15) is 0 Å². The summed E-state index contributed by atoms with van der Waals surface area (Å²) in [4.78, 5) is 0.806. The minimum absolute atomic E-state index is 0.0830. The average molecular weight is 384 g/mol. The van der Waals surface area contributed by atoms with E-state index in [1.54, 1.807) is 24.3 Å². The molecule has 0 aliphatic rings. The van der Waals surface area contributed by atoms with Crippen molar-refractivity contribution in [2.75, 3.05) is 14.2 Å². The lowest BCUT2D eigenvalue weighted by Gasteiger charge is -2.19. The van der Waals surface area contributed by atoms with Crippen LogP contribution < -0.4 is 9.47 Å². The number of ether oxygens (including phenoxy) is 2. The first-order valence-corrected chi connectivity index (χ1v) is 9.41. The van der Waals surface area contributed by atoms with Gasteiger partial charge < -0.3 is 14.6 Å². The molecule has 0 aliphatic carbocycles. The number of aromatic nitrogens is 2. The molecule has 0 amide bonds. The number of benzene rings is 2. The van der Waals surface area contributed by atoms with Gasteiger partial charge in [0, 0.05) is 4.90 Å². The van der Waals surface area contributed by atoms with Gasteiger partial charge in [0.25, 0.3) is 5.88 Å². The molecule has 3 rings (SSSR count). The summed E-state index contributed by atoms with van der Waals surface area (Å²) in [6.45, 7) is 1.95. The third-order valence-corrected chi connectivity index (χ3v) is 5.56. The second-order valence-electron chi connectivity index (χ2n) is 5.86. The minimum atomic E-state index is -1.65. The van der Waals surface area contributed by atoms with Crippen LogP contribution in [0.15, 0.2) is 64.4 Å². The Bertz CT molecular complexity index is 946. The summed E-state index contributed by atoms with van der Waals surface area (Å²) >= 11 is 0. The van der Waals surface area contributed by atoms with Crippen molar-refractivity contribution in [2.24, 2.45) is 0 Å². The summed E-state index contributed by atoms with van der Waals surface area (Å²) < 4.78 is 24.0. The molecule has 0 radical (unpaired) electrons. The van der Waals surface area contributed by atoms with Crippen molar-refractivity contribution in [3.63, 3.8) is 0 Å². The molecule has 1 N–H and O–H groups in total. The van der Waals surface area contributed by atoms with Gasteiger partial charge in [-0.3, -0.25) is 0 Å². The van der Waals surface area contributed by atoms with E-state index in [1.165, 1.54) is 14.2 Å². The highest BCUT2D eigenvalue weighted by atomic mass is 32.2. The number of methoxy groups -OCH3 is 2. The normalized spacial score (nSPS) is 13.0. The molecule has 3 aromatic rings. The Labute approximate surface area is 160 Å². The molecule has 0 aliphatic heterocycles. The number of aliphatic hydroxyl groups is 1. The van der Waals surface area contributed by atoms with Crippen LogP contribution in [-0.2, 0) is 10.8 Å². The van der Waals surface area contributed by atoms with Crippen molar-refractivity contribution in [3.05, 3.63) is 71.3 Å². The summed E-state index contributed by atoms with van der Waals surface area (Å²) in [5.41, 5.74) is 1.94. The van der Waals surface area contributed by atoms with Crippen LogP contribution in [-0.4, -0.2) is 33.7 Å². The van der Waals surface area contributed by atoms with E-state index in [-0.39, 0.29) is 22.2 Å². The summed E-state index contributed by atoms with van der Waals surface area (Å²) in [5, 5.41) is 18.9. The molecule has 1 heterocycles. The molecule has 27 heavy (non-hydrogen) atoms. The molecular weight excluding hydrogens is 364 g/mol. The molecule has 0 fully saturated rings. The standard InChI is InChI=1S/C20H20N2O4S/c1-13-9-11-15(12-10-13)27(24)18-16(17(23)14-7-5-4-6-8-14)19(25-2)21-22-20(18)26-3/h4-12,17,23H,1-3H3/t17-,27+/m1/s1. The Morgan fingerprint density at radius 1 is 0.926 bits per heavy atom. The van der Waals surface area contributed by atoms with E-state index in [2.05, 4.69) is 10.2 Å². The predicted molar refractivity (Wildman–Crippen MR) is 101 cm³/mol. The van der Waals surface area contributed by atoms with E-state index in [0.29, 0.717) is 10.5 Å². The molecular formula is C20H20N2O4S. The quantitative estimate of drug-likeness (QED) is 0.703.